The first-order valence-corrected chi connectivity index (χ1v) is 6.72. The predicted octanol–water partition coefficient (Wildman–Crippen LogP) is 1.94. The summed E-state index contributed by atoms with van der Waals surface area (Å²) in [5.41, 5.74) is 7.41. The average molecular weight is 263 g/mol. The van der Waals surface area contributed by atoms with Crippen LogP contribution in [-0.4, -0.2) is 43.8 Å². The minimum Gasteiger partial charge on any atom is -0.397 e. The second-order valence-corrected chi connectivity index (χ2v) is 4.59. The molecule has 104 valence electrons. The van der Waals surface area contributed by atoms with Gasteiger partial charge in [0, 0.05) is 19.6 Å². The van der Waals surface area contributed by atoms with Crippen molar-refractivity contribution in [3.63, 3.8) is 0 Å². The van der Waals surface area contributed by atoms with Crippen molar-refractivity contribution in [2.24, 2.45) is 0 Å². The van der Waals surface area contributed by atoms with Gasteiger partial charge in [-0.2, -0.15) is 0 Å². The topological polar surface area (TPSA) is 58.8 Å². The minimum atomic E-state index is 0.0167. The van der Waals surface area contributed by atoms with Gasteiger partial charge in [0.1, 0.15) is 0 Å². The zero-order valence-corrected chi connectivity index (χ0v) is 11.3. The lowest BCUT2D eigenvalue weighted by atomic mass is 10.2. The van der Waals surface area contributed by atoms with Crippen LogP contribution < -0.4 is 10.6 Å². The Bertz CT molecular complexity index is 430. The largest absolute Gasteiger partial charge is 0.397 e. The Kier molecular flexibility index (Phi) is 4.63. The number of hydrogen-bond acceptors (Lipinski definition) is 3. The molecule has 2 N–H and O–H groups in total. The zero-order chi connectivity index (χ0) is 13.7. The highest BCUT2D eigenvalue weighted by Gasteiger charge is 2.24. The van der Waals surface area contributed by atoms with Crippen LogP contribution in [0.15, 0.2) is 24.3 Å². The summed E-state index contributed by atoms with van der Waals surface area (Å²) < 4.78 is 5.28. The number of morpholine rings is 1. The molecule has 5 nitrogen and oxygen atoms in total. The van der Waals surface area contributed by atoms with Gasteiger partial charge in [0.25, 0.3) is 0 Å². The van der Waals surface area contributed by atoms with Crippen LogP contribution in [-0.2, 0) is 4.74 Å². The van der Waals surface area contributed by atoms with Crippen molar-refractivity contribution < 1.29 is 9.53 Å². The highest BCUT2D eigenvalue weighted by molar-refractivity contribution is 5.95. The van der Waals surface area contributed by atoms with Gasteiger partial charge in [-0.25, -0.2) is 4.79 Å². The third kappa shape index (κ3) is 3.17. The number of urea groups is 1. The first-order chi connectivity index (χ1) is 9.24. The molecule has 0 bridgehead atoms. The molecule has 0 radical (unpaired) electrons. The van der Waals surface area contributed by atoms with Gasteiger partial charge in [-0.1, -0.05) is 19.1 Å². The summed E-state index contributed by atoms with van der Waals surface area (Å²) in [6.07, 6.45) is 0.893. The van der Waals surface area contributed by atoms with E-state index in [-0.39, 0.29) is 6.03 Å². The number of nitrogens with two attached hydrogens (primary N) is 1. The van der Waals surface area contributed by atoms with Crippen LogP contribution in [0.4, 0.5) is 16.2 Å². The highest BCUT2D eigenvalue weighted by atomic mass is 16.5. The number of nitrogens with zero attached hydrogens (tertiary/aromatic N) is 2. The number of carbonyl (C=O) groups excluding carboxylic acids is 1. The van der Waals surface area contributed by atoms with Crippen molar-refractivity contribution in [3.8, 4) is 0 Å². The minimum absolute atomic E-state index is 0.0167. The molecule has 2 amide bonds. The standard InChI is InChI=1S/C14H21N3O2/c1-2-7-17(13-6-4-3-5-12(13)15)14(18)16-8-10-19-11-9-16/h3-6H,2,7-11,15H2,1H3. The molecule has 19 heavy (non-hydrogen) atoms. The van der Waals surface area contributed by atoms with E-state index in [1.165, 1.54) is 0 Å². The van der Waals surface area contributed by atoms with Gasteiger partial charge in [0.05, 0.1) is 24.6 Å². The molecule has 0 saturated carbocycles. The molecule has 1 aliphatic heterocycles. The molecule has 0 unspecified atom stereocenters. The Labute approximate surface area is 113 Å². The summed E-state index contributed by atoms with van der Waals surface area (Å²) in [5, 5.41) is 0. The van der Waals surface area contributed by atoms with E-state index in [2.05, 4.69) is 6.92 Å². The van der Waals surface area contributed by atoms with Gasteiger partial charge < -0.3 is 15.4 Å². The van der Waals surface area contributed by atoms with Crippen LogP contribution in [0.25, 0.3) is 0 Å². The quantitative estimate of drug-likeness (QED) is 0.848. The van der Waals surface area contributed by atoms with Crippen molar-refractivity contribution in [3.05, 3.63) is 24.3 Å². The van der Waals surface area contributed by atoms with Crippen LogP contribution in [0.5, 0.6) is 0 Å². The molecule has 1 aromatic carbocycles. The van der Waals surface area contributed by atoms with Gasteiger partial charge in [0.15, 0.2) is 0 Å². The van der Waals surface area contributed by atoms with Crippen LogP contribution in [0, 0.1) is 0 Å². The number of amides is 2. The SMILES string of the molecule is CCCN(C(=O)N1CCOCC1)c1ccccc1N. The molecule has 5 heteroatoms. The first-order valence-electron chi connectivity index (χ1n) is 6.72. The molecule has 1 fully saturated rings. The number of para-hydroxylation sites is 2. The van der Waals surface area contributed by atoms with Crippen LogP contribution in [0.1, 0.15) is 13.3 Å². The summed E-state index contributed by atoms with van der Waals surface area (Å²) >= 11 is 0. The second-order valence-electron chi connectivity index (χ2n) is 4.59. The highest BCUT2D eigenvalue weighted by Crippen LogP contribution is 2.24. The molecule has 1 heterocycles. The first kappa shape index (κ1) is 13.7. The molecule has 0 aromatic heterocycles. The van der Waals surface area contributed by atoms with Crippen molar-refractivity contribution in [2.45, 2.75) is 13.3 Å². The van der Waals surface area contributed by atoms with E-state index in [4.69, 9.17) is 10.5 Å². The molecule has 1 aliphatic rings. The lowest BCUT2D eigenvalue weighted by Crippen LogP contribution is -2.48. The van der Waals surface area contributed by atoms with Gasteiger partial charge in [-0.15, -0.1) is 0 Å². The zero-order valence-electron chi connectivity index (χ0n) is 11.3. The van der Waals surface area contributed by atoms with E-state index in [1.807, 2.05) is 29.2 Å². The average Bonchev–Trinajstić information content (AvgIpc) is 2.46. The van der Waals surface area contributed by atoms with E-state index in [9.17, 15) is 4.79 Å². The number of hydrogen-bond donors (Lipinski definition) is 1. The van der Waals surface area contributed by atoms with Crippen molar-refractivity contribution in [1.29, 1.82) is 0 Å². The molecular formula is C14H21N3O2. The molecule has 1 saturated heterocycles. The monoisotopic (exact) mass is 263 g/mol. The number of carbonyl (C=O) groups is 1. The van der Waals surface area contributed by atoms with Gasteiger partial charge in [0.2, 0.25) is 0 Å². The Hall–Kier alpha value is -1.75. The lowest BCUT2D eigenvalue weighted by molar-refractivity contribution is 0.0549. The van der Waals surface area contributed by atoms with E-state index in [0.717, 1.165) is 12.1 Å². The van der Waals surface area contributed by atoms with Crippen LogP contribution in [0.2, 0.25) is 0 Å². The molecule has 1 aromatic rings. The number of ether oxygens (including phenoxy) is 1. The summed E-state index contributed by atoms with van der Waals surface area (Å²) in [5.74, 6) is 0. The Morgan fingerprint density at radius 1 is 1.37 bits per heavy atom. The molecule has 2 rings (SSSR count). The molecule has 0 spiro atoms. The van der Waals surface area contributed by atoms with Crippen LogP contribution >= 0.6 is 0 Å². The van der Waals surface area contributed by atoms with Crippen molar-refractivity contribution in [1.82, 2.24) is 4.90 Å². The Balaban J connectivity index is 2.19. The summed E-state index contributed by atoms with van der Waals surface area (Å²) in [4.78, 5) is 16.2. The Morgan fingerprint density at radius 2 is 2.05 bits per heavy atom. The molecule has 0 atom stereocenters. The van der Waals surface area contributed by atoms with Crippen LogP contribution in [0.3, 0.4) is 0 Å². The third-order valence-electron chi connectivity index (χ3n) is 3.19. The normalized spacial score (nSPS) is 15.3. The fourth-order valence-electron chi connectivity index (χ4n) is 2.20. The number of rotatable bonds is 3. The van der Waals surface area contributed by atoms with Crippen molar-refractivity contribution >= 4 is 17.4 Å². The maximum absolute atomic E-state index is 12.6. The number of nitrogen functional groups attached to an aromatic ring is 1. The fraction of sp³-hybridized carbons (Fsp3) is 0.500. The lowest BCUT2D eigenvalue weighted by Gasteiger charge is -2.33. The maximum atomic E-state index is 12.6. The third-order valence-corrected chi connectivity index (χ3v) is 3.19. The van der Waals surface area contributed by atoms with Gasteiger partial charge in [-0.05, 0) is 18.6 Å². The maximum Gasteiger partial charge on any atom is 0.324 e. The second kappa shape index (κ2) is 6.43. The summed E-state index contributed by atoms with van der Waals surface area (Å²) in [6.45, 7) is 5.23. The molecular weight excluding hydrogens is 242 g/mol. The Morgan fingerprint density at radius 3 is 2.68 bits per heavy atom. The van der Waals surface area contributed by atoms with Gasteiger partial charge in [-0.3, -0.25) is 4.90 Å². The molecule has 0 aliphatic carbocycles. The van der Waals surface area contributed by atoms with E-state index in [0.29, 0.717) is 38.5 Å². The van der Waals surface area contributed by atoms with E-state index >= 15 is 0 Å². The number of anilines is 2. The summed E-state index contributed by atoms with van der Waals surface area (Å²) in [6, 6.07) is 7.51. The van der Waals surface area contributed by atoms with Crippen molar-refractivity contribution in [2.75, 3.05) is 43.5 Å². The van der Waals surface area contributed by atoms with E-state index in [1.54, 1.807) is 4.90 Å². The fourth-order valence-corrected chi connectivity index (χ4v) is 2.20. The van der Waals surface area contributed by atoms with Gasteiger partial charge >= 0.3 is 6.03 Å². The van der Waals surface area contributed by atoms with E-state index < -0.39 is 0 Å². The smallest absolute Gasteiger partial charge is 0.324 e. The predicted molar refractivity (Wildman–Crippen MR) is 76.3 cm³/mol. The number of benzene rings is 1. The summed E-state index contributed by atoms with van der Waals surface area (Å²) in [7, 11) is 0.